The maximum atomic E-state index is 12.4. The molecular formula is C19H20N4O3S. The van der Waals surface area contributed by atoms with Crippen molar-refractivity contribution in [2.75, 3.05) is 11.9 Å². The van der Waals surface area contributed by atoms with Crippen LogP contribution in [0.2, 0.25) is 0 Å². The number of hydrogen-bond donors (Lipinski definition) is 1. The topological polar surface area (TPSA) is 86.1 Å². The van der Waals surface area contributed by atoms with E-state index in [9.17, 15) is 9.59 Å². The first-order chi connectivity index (χ1) is 12.9. The number of esters is 1. The van der Waals surface area contributed by atoms with Crippen LogP contribution in [0.4, 0.5) is 5.13 Å². The zero-order chi connectivity index (χ0) is 19.4. The molecule has 1 amide bonds. The summed E-state index contributed by atoms with van der Waals surface area (Å²) in [7, 11) is 0. The van der Waals surface area contributed by atoms with Gasteiger partial charge in [-0.15, -0.1) is 11.3 Å². The number of benzene rings is 1. The minimum atomic E-state index is -0.560. The molecule has 0 fully saturated rings. The van der Waals surface area contributed by atoms with Gasteiger partial charge >= 0.3 is 5.97 Å². The van der Waals surface area contributed by atoms with Crippen molar-refractivity contribution in [3.63, 3.8) is 0 Å². The molecule has 0 aliphatic carbocycles. The Balaban J connectivity index is 1.63. The number of ether oxygens (including phenoxy) is 1. The van der Waals surface area contributed by atoms with E-state index in [0.717, 1.165) is 11.3 Å². The van der Waals surface area contributed by atoms with Crippen molar-refractivity contribution in [2.45, 2.75) is 27.3 Å². The predicted octanol–water partition coefficient (Wildman–Crippen LogP) is 3.11. The summed E-state index contributed by atoms with van der Waals surface area (Å²) >= 11 is 1.32. The highest BCUT2D eigenvalue weighted by atomic mass is 32.1. The fourth-order valence-electron chi connectivity index (χ4n) is 2.67. The minimum Gasteiger partial charge on any atom is -0.452 e. The molecule has 0 aliphatic rings. The van der Waals surface area contributed by atoms with E-state index < -0.39 is 11.9 Å². The zero-order valence-electron chi connectivity index (χ0n) is 15.4. The van der Waals surface area contributed by atoms with E-state index in [1.54, 1.807) is 11.6 Å². The van der Waals surface area contributed by atoms with Gasteiger partial charge in [-0.3, -0.25) is 14.8 Å². The number of nitrogens with one attached hydrogen (secondary N) is 1. The first-order valence-corrected chi connectivity index (χ1v) is 9.29. The molecule has 3 aromatic rings. The van der Waals surface area contributed by atoms with Crippen LogP contribution in [0.25, 0.3) is 0 Å². The maximum absolute atomic E-state index is 12.4. The molecule has 0 saturated carbocycles. The van der Waals surface area contributed by atoms with Gasteiger partial charge in [-0.1, -0.05) is 30.3 Å². The van der Waals surface area contributed by atoms with E-state index in [2.05, 4.69) is 15.4 Å². The number of rotatable bonds is 6. The Morgan fingerprint density at radius 1 is 1.19 bits per heavy atom. The van der Waals surface area contributed by atoms with E-state index >= 15 is 0 Å². The average molecular weight is 384 g/mol. The molecule has 1 N–H and O–H groups in total. The van der Waals surface area contributed by atoms with Gasteiger partial charge in [0.25, 0.3) is 5.91 Å². The highest BCUT2D eigenvalue weighted by Gasteiger charge is 2.21. The number of aromatic nitrogens is 3. The Bertz CT molecular complexity index is 963. The van der Waals surface area contributed by atoms with Crippen LogP contribution in [0.1, 0.15) is 33.0 Å². The lowest BCUT2D eigenvalue weighted by Crippen LogP contribution is -2.21. The summed E-state index contributed by atoms with van der Waals surface area (Å²) in [5.74, 6) is -0.987. The SMILES string of the molecule is Cc1csc(NC(=O)COC(=O)c2c(C)nn(Cc3ccccc3)c2C)n1. The van der Waals surface area contributed by atoms with Gasteiger partial charge < -0.3 is 4.74 Å². The normalized spacial score (nSPS) is 10.6. The number of thiazole rings is 1. The second-order valence-electron chi connectivity index (χ2n) is 6.11. The number of hydrogen-bond acceptors (Lipinski definition) is 6. The molecule has 0 bridgehead atoms. The maximum Gasteiger partial charge on any atom is 0.342 e. The molecule has 0 saturated heterocycles. The summed E-state index contributed by atoms with van der Waals surface area (Å²) in [6.45, 7) is 5.59. The molecule has 1 aromatic carbocycles. The largest absolute Gasteiger partial charge is 0.452 e. The number of nitrogens with zero attached hydrogens (tertiary/aromatic N) is 3. The standard InChI is InChI=1S/C19H20N4O3S/c1-12-11-27-19(20-12)21-16(24)10-26-18(25)17-13(2)22-23(14(17)3)9-15-7-5-4-6-8-15/h4-8,11H,9-10H2,1-3H3,(H,20,21,24). The van der Waals surface area contributed by atoms with Crippen LogP contribution in [0, 0.1) is 20.8 Å². The van der Waals surface area contributed by atoms with Crippen molar-refractivity contribution in [2.24, 2.45) is 0 Å². The number of anilines is 1. The molecule has 3 rings (SSSR count). The predicted molar refractivity (Wildman–Crippen MR) is 103 cm³/mol. The van der Waals surface area contributed by atoms with Crippen LogP contribution in [0.15, 0.2) is 35.7 Å². The quantitative estimate of drug-likeness (QED) is 0.660. The van der Waals surface area contributed by atoms with E-state index in [0.29, 0.717) is 28.6 Å². The van der Waals surface area contributed by atoms with E-state index in [-0.39, 0.29) is 6.61 Å². The van der Waals surface area contributed by atoms with Crippen molar-refractivity contribution in [3.05, 3.63) is 63.9 Å². The molecule has 0 spiro atoms. The van der Waals surface area contributed by atoms with Gasteiger partial charge in [0.1, 0.15) is 5.56 Å². The van der Waals surface area contributed by atoms with E-state index in [1.807, 2.05) is 49.6 Å². The summed E-state index contributed by atoms with van der Waals surface area (Å²) < 4.78 is 6.93. The third kappa shape index (κ3) is 4.59. The van der Waals surface area contributed by atoms with Gasteiger partial charge in [0.2, 0.25) is 0 Å². The fraction of sp³-hybridized carbons (Fsp3) is 0.263. The Labute approximate surface area is 161 Å². The lowest BCUT2D eigenvalue weighted by molar-refractivity contribution is -0.119. The Hall–Kier alpha value is -3.00. The van der Waals surface area contributed by atoms with Crippen LogP contribution in [0.5, 0.6) is 0 Å². The number of carbonyl (C=O) groups excluding carboxylic acids is 2. The molecule has 140 valence electrons. The van der Waals surface area contributed by atoms with Gasteiger partial charge in [0, 0.05) is 5.38 Å². The van der Waals surface area contributed by atoms with Gasteiger partial charge in [-0.25, -0.2) is 9.78 Å². The van der Waals surface area contributed by atoms with Crippen molar-refractivity contribution in [1.82, 2.24) is 14.8 Å². The first kappa shape index (κ1) is 18.8. The second-order valence-corrected chi connectivity index (χ2v) is 6.97. The molecule has 0 atom stereocenters. The summed E-state index contributed by atoms with van der Waals surface area (Å²) in [5.41, 5.74) is 3.58. The number of amides is 1. The highest BCUT2D eigenvalue weighted by Crippen LogP contribution is 2.17. The van der Waals surface area contributed by atoms with Crippen LogP contribution >= 0.6 is 11.3 Å². The van der Waals surface area contributed by atoms with E-state index in [1.165, 1.54) is 11.3 Å². The van der Waals surface area contributed by atoms with Gasteiger partial charge in [-0.05, 0) is 26.3 Å². The third-order valence-electron chi connectivity index (χ3n) is 3.96. The van der Waals surface area contributed by atoms with E-state index in [4.69, 9.17) is 4.74 Å². The van der Waals surface area contributed by atoms with Crippen LogP contribution < -0.4 is 5.32 Å². The molecule has 2 aromatic heterocycles. The smallest absolute Gasteiger partial charge is 0.342 e. The van der Waals surface area contributed by atoms with Crippen molar-refractivity contribution >= 4 is 28.3 Å². The first-order valence-electron chi connectivity index (χ1n) is 8.41. The summed E-state index contributed by atoms with van der Waals surface area (Å²) in [6.07, 6.45) is 0. The van der Waals surface area contributed by atoms with Gasteiger partial charge in [0.05, 0.1) is 23.6 Å². The minimum absolute atomic E-state index is 0.375. The molecule has 0 unspecified atom stereocenters. The van der Waals surface area contributed by atoms with Crippen LogP contribution in [-0.4, -0.2) is 33.2 Å². The van der Waals surface area contributed by atoms with Crippen molar-refractivity contribution in [3.8, 4) is 0 Å². The fourth-order valence-corrected chi connectivity index (χ4v) is 3.38. The summed E-state index contributed by atoms with van der Waals surface area (Å²) in [6, 6.07) is 9.86. The Morgan fingerprint density at radius 2 is 1.93 bits per heavy atom. The van der Waals surface area contributed by atoms with Gasteiger partial charge in [-0.2, -0.15) is 5.10 Å². The van der Waals surface area contributed by atoms with Gasteiger partial charge in [0.15, 0.2) is 11.7 Å². The lowest BCUT2D eigenvalue weighted by atomic mass is 10.2. The molecule has 0 radical (unpaired) electrons. The Kier molecular flexibility index (Phi) is 5.66. The highest BCUT2D eigenvalue weighted by molar-refractivity contribution is 7.13. The number of aryl methyl sites for hydroxylation is 2. The average Bonchev–Trinajstić information content (AvgIpc) is 3.16. The molecular weight excluding hydrogens is 364 g/mol. The summed E-state index contributed by atoms with van der Waals surface area (Å²) in [4.78, 5) is 28.5. The van der Waals surface area contributed by atoms with Crippen molar-refractivity contribution in [1.29, 1.82) is 0 Å². The lowest BCUT2D eigenvalue weighted by Gasteiger charge is -2.06. The second kappa shape index (κ2) is 8.13. The van der Waals surface area contributed by atoms with Crippen LogP contribution in [-0.2, 0) is 16.1 Å². The molecule has 27 heavy (non-hydrogen) atoms. The zero-order valence-corrected chi connectivity index (χ0v) is 16.2. The molecule has 7 nitrogen and oxygen atoms in total. The Morgan fingerprint density at radius 3 is 2.59 bits per heavy atom. The van der Waals surface area contributed by atoms with Crippen LogP contribution in [0.3, 0.4) is 0 Å². The molecule has 8 heteroatoms. The monoisotopic (exact) mass is 384 g/mol. The number of carbonyl (C=O) groups is 2. The summed E-state index contributed by atoms with van der Waals surface area (Å²) in [5, 5.41) is 9.35. The van der Waals surface area contributed by atoms with Crippen molar-refractivity contribution < 1.29 is 14.3 Å². The molecule has 0 aliphatic heterocycles. The third-order valence-corrected chi connectivity index (χ3v) is 4.84. The molecule has 2 heterocycles.